The number of hydrogen-bond donors (Lipinski definition) is 0. The summed E-state index contributed by atoms with van der Waals surface area (Å²) in [5.74, 6) is 0.360. The minimum atomic E-state index is -0.142. The summed E-state index contributed by atoms with van der Waals surface area (Å²) in [5.41, 5.74) is 0.403. The standard InChI is InChI=1S/C18H22ClN3O3S/c1-25-10-9-22-17(24)14-6-5-13(19)11-15(14)20-18(22)26-12-16(23)21-7-3-2-4-8-21/h5-6,11H,2-4,7-10,12H2,1H3. The quantitative estimate of drug-likeness (QED) is 0.556. The highest BCUT2D eigenvalue weighted by atomic mass is 35.5. The molecule has 1 aliphatic rings. The number of hydrogen-bond acceptors (Lipinski definition) is 5. The van der Waals surface area contributed by atoms with Crippen LogP contribution in [0.15, 0.2) is 28.2 Å². The van der Waals surface area contributed by atoms with Crippen molar-refractivity contribution in [3.63, 3.8) is 0 Å². The zero-order valence-electron chi connectivity index (χ0n) is 14.7. The Hall–Kier alpha value is -1.57. The van der Waals surface area contributed by atoms with Gasteiger partial charge in [-0.1, -0.05) is 23.4 Å². The average molecular weight is 396 g/mol. The van der Waals surface area contributed by atoms with E-state index in [4.69, 9.17) is 16.3 Å². The number of thioether (sulfide) groups is 1. The van der Waals surface area contributed by atoms with Crippen LogP contribution in [-0.4, -0.2) is 52.9 Å². The van der Waals surface area contributed by atoms with E-state index in [0.717, 1.165) is 25.9 Å². The maximum atomic E-state index is 12.8. The number of amides is 1. The molecule has 1 saturated heterocycles. The maximum absolute atomic E-state index is 12.8. The molecule has 0 atom stereocenters. The van der Waals surface area contributed by atoms with Gasteiger partial charge < -0.3 is 9.64 Å². The highest BCUT2D eigenvalue weighted by Gasteiger charge is 2.18. The number of ether oxygens (including phenoxy) is 1. The second-order valence-electron chi connectivity index (χ2n) is 6.24. The van der Waals surface area contributed by atoms with Gasteiger partial charge in [0.05, 0.1) is 29.8 Å². The molecule has 0 spiro atoms. The first-order valence-electron chi connectivity index (χ1n) is 8.70. The molecule has 1 amide bonds. The summed E-state index contributed by atoms with van der Waals surface area (Å²) in [4.78, 5) is 31.7. The largest absolute Gasteiger partial charge is 0.383 e. The van der Waals surface area contributed by atoms with Crippen LogP contribution >= 0.6 is 23.4 Å². The molecule has 8 heteroatoms. The van der Waals surface area contributed by atoms with E-state index in [0.29, 0.717) is 34.2 Å². The highest BCUT2D eigenvalue weighted by molar-refractivity contribution is 7.99. The zero-order chi connectivity index (χ0) is 18.5. The molecule has 0 N–H and O–H groups in total. The number of carbonyl (C=O) groups excluding carboxylic acids is 1. The SMILES string of the molecule is COCCn1c(SCC(=O)N2CCCCC2)nc2cc(Cl)ccc2c1=O. The van der Waals surface area contributed by atoms with Gasteiger partial charge in [-0.15, -0.1) is 0 Å². The normalized spacial score (nSPS) is 14.8. The summed E-state index contributed by atoms with van der Waals surface area (Å²) in [6.07, 6.45) is 3.30. The maximum Gasteiger partial charge on any atom is 0.262 e. The van der Waals surface area contributed by atoms with Crippen LogP contribution in [0, 0.1) is 0 Å². The van der Waals surface area contributed by atoms with Crippen LogP contribution in [0.4, 0.5) is 0 Å². The molecule has 1 aromatic heterocycles. The molecule has 2 heterocycles. The van der Waals surface area contributed by atoms with E-state index in [1.165, 1.54) is 18.2 Å². The van der Waals surface area contributed by atoms with Gasteiger partial charge >= 0.3 is 0 Å². The van der Waals surface area contributed by atoms with Crippen molar-refractivity contribution < 1.29 is 9.53 Å². The Bertz CT molecular complexity index is 849. The first-order chi connectivity index (χ1) is 12.6. The van der Waals surface area contributed by atoms with Gasteiger partial charge in [0.2, 0.25) is 5.91 Å². The lowest BCUT2D eigenvalue weighted by atomic mass is 10.1. The number of carbonyl (C=O) groups is 1. The molecule has 1 fully saturated rings. The van der Waals surface area contributed by atoms with Gasteiger partial charge in [-0.2, -0.15) is 0 Å². The number of piperidine rings is 1. The Morgan fingerprint density at radius 3 is 2.81 bits per heavy atom. The smallest absolute Gasteiger partial charge is 0.262 e. The van der Waals surface area contributed by atoms with E-state index in [1.807, 2.05) is 4.90 Å². The minimum absolute atomic E-state index is 0.0911. The molecule has 2 aromatic rings. The molecular weight excluding hydrogens is 374 g/mol. The highest BCUT2D eigenvalue weighted by Crippen LogP contribution is 2.21. The van der Waals surface area contributed by atoms with Crippen LogP contribution in [0.3, 0.4) is 0 Å². The third kappa shape index (κ3) is 4.39. The lowest BCUT2D eigenvalue weighted by Gasteiger charge is -2.26. The van der Waals surface area contributed by atoms with Crippen LogP contribution in [0.5, 0.6) is 0 Å². The topological polar surface area (TPSA) is 64.4 Å². The van der Waals surface area contributed by atoms with Gasteiger partial charge in [0.15, 0.2) is 5.16 Å². The van der Waals surface area contributed by atoms with Crippen LogP contribution < -0.4 is 5.56 Å². The number of aromatic nitrogens is 2. The molecule has 26 heavy (non-hydrogen) atoms. The Morgan fingerprint density at radius 2 is 2.08 bits per heavy atom. The van der Waals surface area contributed by atoms with Crippen molar-refractivity contribution in [1.82, 2.24) is 14.5 Å². The zero-order valence-corrected chi connectivity index (χ0v) is 16.3. The number of likely N-dealkylation sites (tertiary alicyclic amines) is 1. The summed E-state index contributed by atoms with van der Waals surface area (Å²) in [6.45, 7) is 2.42. The van der Waals surface area contributed by atoms with Gasteiger partial charge in [0, 0.05) is 25.2 Å². The van der Waals surface area contributed by atoms with Gasteiger partial charge in [-0.25, -0.2) is 4.98 Å². The molecule has 0 radical (unpaired) electrons. The van der Waals surface area contributed by atoms with E-state index in [2.05, 4.69) is 4.98 Å². The molecule has 140 valence electrons. The molecule has 0 saturated carbocycles. The van der Waals surface area contributed by atoms with Crippen LogP contribution in [-0.2, 0) is 16.1 Å². The molecule has 0 aliphatic carbocycles. The molecule has 3 rings (SSSR count). The molecule has 0 unspecified atom stereocenters. The van der Waals surface area contributed by atoms with Crippen molar-refractivity contribution in [2.24, 2.45) is 0 Å². The fourth-order valence-corrected chi connectivity index (χ4v) is 4.12. The fourth-order valence-electron chi connectivity index (χ4n) is 3.02. The van der Waals surface area contributed by atoms with Gasteiger partial charge in [0.25, 0.3) is 5.56 Å². The van der Waals surface area contributed by atoms with Crippen molar-refractivity contribution in [3.8, 4) is 0 Å². The van der Waals surface area contributed by atoms with E-state index in [9.17, 15) is 9.59 Å². The third-order valence-electron chi connectivity index (χ3n) is 4.43. The summed E-state index contributed by atoms with van der Waals surface area (Å²) in [7, 11) is 1.59. The minimum Gasteiger partial charge on any atom is -0.383 e. The van der Waals surface area contributed by atoms with Crippen LogP contribution in [0.2, 0.25) is 5.02 Å². The molecule has 6 nitrogen and oxygen atoms in total. The Labute approximate surface area is 161 Å². The third-order valence-corrected chi connectivity index (χ3v) is 5.63. The lowest BCUT2D eigenvalue weighted by molar-refractivity contribution is -0.129. The predicted octanol–water partition coefficient (Wildman–Crippen LogP) is 2.80. The lowest BCUT2D eigenvalue weighted by Crippen LogP contribution is -2.37. The monoisotopic (exact) mass is 395 g/mol. The van der Waals surface area contributed by atoms with Crippen molar-refractivity contribution in [2.45, 2.75) is 31.0 Å². The number of benzene rings is 1. The fraction of sp³-hybridized carbons (Fsp3) is 0.500. The second-order valence-corrected chi connectivity index (χ2v) is 7.61. The summed E-state index contributed by atoms with van der Waals surface area (Å²) in [6, 6.07) is 5.04. The average Bonchev–Trinajstić information content (AvgIpc) is 2.66. The van der Waals surface area contributed by atoms with E-state index in [1.54, 1.807) is 29.9 Å². The number of fused-ring (bicyclic) bond motifs is 1. The van der Waals surface area contributed by atoms with Crippen molar-refractivity contribution in [1.29, 1.82) is 0 Å². The predicted molar refractivity (Wildman–Crippen MR) is 104 cm³/mol. The van der Waals surface area contributed by atoms with Crippen LogP contribution in [0.25, 0.3) is 10.9 Å². The summed E-state index contributed by atoms with van der Waals surface area (Å²) >= 11 is 7.34. The van der Waals surface area contributed by atoms with Crippen molar-refractivity contribution >= 4 is 40.2 Å². The molecule has 1 aromatic carbocycles. The second kappa shape index (κ2) is 8.88. The first-order valence-corrected chi connectivity index (χ1v) is 10.1. The molecule has 0 bridgehead atoms. The van der Waals surface area contributed by atoms with Crippen molar-refractivity contribution in [2.75, 3.05) is 32.6 Å². The van der Waals surface area contributed by atoms with E-state index in [-0.39, 0.29) is 17.2 Å². The van der Waals surface area contributed by atoms with E-state index < -0.39 is 0 Å². The van der Waals surface area contributed by atoms with E-state index >= 15 is 0 Å². The number of halogens is 1. The van der Waals surface area contributed by atoms with Crippen LogP contribution in [0.1, 0.15) is 19.3 Å². The first kappa shape index (κ1) is 19.2. The summed E-state index contributed by atoms with van der Waals surface area (Å²) < 4.78 is 6.69. The number of methoxy groups -OCH3 is 1. The molecule has 1 aliphatic heterocycles. The number of nitrogens with zero attached hydrogens (tertiary/aromatic N) is 3. The Morgan fingerprint density at radius 1 is 1.31 bits per heavy atom. The van der Waals surface area contributed by atoms with Gasteiger partial charge in [-0.05, 0) is 37.5 Å². The van der Waals surface area contributed by atoms with Gasteiger partial charge in [0.1, 0.15) is 0 Å². The molecular formula is C18H22ClN3O3S. The Kier molecular flexibility index (Phi) is 6.56. The van der Waals surface area contributed by atoms with Crippen molar-refractivity contribution in [3.05, 3.63) is 33.6 Å². The number of rotatable bonds is 6. The van der Waals surface area contributed by atoms with Gasteiger partial charge in [-0.3, -0.25) is 14.2 Å². The summed E-state index contributed by atoms with van der Waals surface area (Å²) in [5, 5.41) is 1.56. The Balaban J connectivity index is 1.86.